The summed E-state index contributed by atoms with van der Waals surface area (Å²) >= 11 is 0. The van der Waals surface area contributed by atoms with Gasteiger partial charge >= 0.3 is 0 Å². The highest BCUT2D eigenvalue weighted by Gasteiger charge is 1.95. The molecule has 0 aliphatic rings. The normalized spacial score (nSPS) is 8.53. The number of hydrogen-bond donors (Lipinski definition) is 0. The van der Waals surface area contributed by atoms with Gasteiger partial charge in [0.15, 0.2) is 0 Å². The van der Waals surface area contributed by atoms with Crippen molar-refractivity contribution in [3.05, 3.63) is 54.4 Å². The molecule has 3 heteroatoms. The van der Waals surface area contributed by atoms with E-state index in [4.69, 9.17) is 0 Å². The van der Waals surface area contributed by atoms with Crippen LogP contribution in [0.2, 0.25) is 0 Å². The Hall–Kier alpha value is -1.64. The van der Waals surface area contributed by atoms with Crippen LogP contribution in [0.5, 0.6) is 0 Å². The molecular weight excluding hydrogens is 215 g/mol. The van der Waals surface area contributed by atoms with Crippen molar-refractivity contribution in [2.75, 3.05) is 0 Å². The fraction of sp³-hybridized carbons (Fsp3) is 0.357. The van der Waals surface area contributed by atoms with E-state index in [0.29, 0.717) is 6.54 Å². The van der Waals surface area contributed by atoms with Gasteiger partial charge in [-0.1, -0.05) is 39.8 Å². The monoisotopic (exact) mass is 236 g/mol. The fourth-order valence-corrected chi connectivity index (χ4v) is 1.23. The number of rotatable bonds is 2. The van der Waals surface area contributed by atoms with E-state index in [0.717, 1.165) is 5.56 Å². The Kier molecular flexibility index (Phi) is 8.65. The lowest BCUT2D eigenvalue weighted by atomic mass is 10.2. The maximum Gasteiger partial charge on any atom is 0.123 e. The molecule has 1 heterocycles. The van der Waals surface area contributed by atoms with Gasteiger partial charge in [-0.2, -0.15) is 0 Å². The minimum Gasteiger partial charge on any atom is -0.333 e. The lowest BCUT2D eigenvalue weighted by Gasteiger charge is -2.01. The summed E-state index contributed by atoms with van der Waals surface area (Å²) in [4.78, 5) is 3.91. The van der Waals surface area contributed by atoms with E-state index in [9.17, 15) is 4.39 Å². The zero-order valence-corrected chi connectivity index (χ0v) is 11.0. The van der Waals surface area contributed by atoms with Crippen LogP contribution in [0.3, 0.4) is 0 Å². The highest BCUT2D eigenvalue weighted by atomic mass is 19.1. The first-order valence-corrected chi connectivity index (χ1v) is 6.05. The molecule has 0 amide bonds. The zero-order chi connectivity index (χ0) is 13.1. The van der Waals surface area contributed by atoms with Gasteiger partial charge in [0.1, 0.15) is 5.82 Å². The van der Waals surface area contributed by atoms with Crippen LogP contribution in [-0.4, -0.2) is 9.55 Å². The molecule has 2 rings (SSSR count). The standard InChI is InChI=1S/C10H9FN2.2C2H6/c11-10-3-1-2-9(6-10)7-13-5-4-12-8-13;2*1-2/h1-6,8H,7H2;2*1-2H3. The Morgan fingerprint density at radius 1 is 1.18 bits per heavy atom. The van der Waals surface area contributed by atoms with Crippen LogP contribution in [-0.2, 0) is 6.54 Å². The third kappa shape index (κ3) is 5.85. The Balaban J connectivity index is 0.000000581. The van der Waals surface area contributed by atoms with E-state index in [2.05, 4.69) is 4.98 Å². The number of benzene rings is 1. The average Bonchev–Trinajstić information content (AvgIpc) is 2.87. The maximum absolute atomic E-state index is 12.8. The van der Waals surface area contributed by atoms with Crippen molar-refractivity contribution in [3.8, 4) is 0 Å². The maximum atomic E-state index is 12.8. The molecule has 0 fully saturated rings. The zero-order valence-electron chi connectivity index (χ0n) is 11.0. The van der Waals surface area contributed by atoms with E-state index in [1.807, 2.05) is 44.5 Å². The summed E-state index contributed by atoms with van der Waals surface area (Å²) in [6.45, 7) is 8.66. The van der Waals surface area contributed by atoms with Gasteiger partial charge in [0.05, 0.1) is 6.33 Å². The summed E-state index contributed by atoms with van der Waals surface area (Å²) < 4.78 is 14.7. The molecule has 0 aliphatic heterocycles. The third-order valence-corrected chi connectivity index (χ3v) is 1.81. The molecule has 0 bridgehead atoms. The highest BCUT2D eigenvalue weighted by Crippen LogP contribution is 2.05. The molecule has 94 valence electrons. The molecule has 2 nitrogen and oxygen atoms in total. The summed E-state index contributed by atoms with van der Waals surface area (Å²) in [7, 11) is 0. The van der Waals surface area contributed by atoms with E-state index >= 15 is 0 Å². The van der Waals surface area contributed by atoms with E-state index < -0.39 is 0 Å². The van der Waals surface area contributed by atoms with Gasteiger partial charge in [-0.05, 0) is 17.7 Å². The summed E-state index contributed by atoms with van der Waals surface area (Å²) in [6.07, 6.45) is 5.27. The van der Waals surface area contributed by atoms with Crippen LogP contribution in [0.4, 0.5) is 4.39 Å². The Morgan fingerprint density at radius 2 is 1.88 bits per heavy atom. The highest BCUT2D eigenvalue weighted by molar-refractivity contribution is 5.16. The Morgan fingerprint density at radius 3 is 2.41 bits per heavy atom. The van der Waals surface area contributed by atoms with Crippen LogP contribution >= 0.6 is 0 Å². The van der Waals surface area contributed by atoms with Gasteiger partial charge in [-0.15, -0.1) is 0 Å². The first-order chi connectivity index (χ1) is 8.34. The van der Waals surface area contributed by atoms with Crippen molar-refractivity contribution < 1.29 is 4.39 Å². The minimum absolute atomic E-state index is 0.197. The lowest BCUT2D eigenvalue weighted by molar-refractivity contribution is 0.623. The number of halogens is 1. The van der Waals surface area contributed by atoms with Gasteiger partial charge in [-0.3, -0.25) is 0 Å². The molecule has 0 unspecified atom stereocenters. The molecular formula is C14H21FN2. The van der Waals surface area contributed by atoms with E-state index in [-0.39, 0.29) is 5.82 Å². The summed E-state index contributed by atoms with van der Waals surface area (Å²) in [5, 5.41) is 0. The van der Waals surface area contributed by atoms with Crippen molar-refractivity contribution in [3.63, 3.8) is 0 Å². The molecule has 17 heavy (non-hydrogen) atoms. The predicted octanol–water partition coefficient (Wildman–Crippen LogP) is 4.12. The SMILES string of the molecule is CC.CC.Fc1cccc(Cn2ccnc2)c1. The average molecular weight is 236 g/mol. The molecule has 0 radical (unpaired) electrons. The van der Waals surface area contributed by atoms with Gasteiger partial charge in [0, 0.05) is 18.9 Å². The van der Waals surface area contributed by atoms with E-state index in [1.165, 1.54) is 12.1 Å². The lowest BCUT2D eigenvalue weighted by Crippen LogP contribution is -1.96. The largest absolute Gasteiger partial charge is 0.333 e. The molecule has 0 N–H and O–H groups in total. The summed E-state index contributed by atoms with van der Waals surface area (Å²) in [5.74, 6) is -0.197. The molecule has 0 spiro atoms. The second kappa shape index (κ2) is 9.58. The first kappa shape index (κ1) is 15.4. The van der Waals surface area contributed by atoms with Crippen molar-refractivity contribution in [1.29, 1.82) is 0 Å². The van der Waals surface area contributed by atoms with Crippen LogP contribution < -0.4 is 0 Å². The smallest absolute Gasteiger partial charge is 0.123 e. The molecule has 2 aromatic rings. The fourth-order valence-electron chi connectivity index (χ4n) is 1.23. The molecule has 1 aromatic heterocycles. The van der Waals surface area contributed by atoms with Gasteiger partial charge < -0.3 is 4.57 Å². The van der Waals surface area contributed by atoms with Crippen molar-refractivity contribution in [2.45, 2.75) is 34.2 Å². The van der Waals surface area contributed by atoms with Crippen molar-refractivity contribution in [1.82, 2.24) is 9.55 Å². The summed E-state index contributed by atoms with van der Waals surface area (Å²) in [6, 6.07) is 6.57. The predicted molar refractivity (Wildman–Crippen MR) is 70.4 cm³/mol. The first-order valence-electron chi connectivity index (χ1n) is 6.05. The number of hydrogen-bond acceptors (Lipinski definition) is 1. The van der Waals surface area contributed by atoms with Gasteiger partial charge in [0.2, 0.25) is 0 Å². The van der Waals surface area contributed by atoms with Crippen LogP contribution in [0.1, 0.15) is 33.3 Å². The van der Waals surface area contributed by atoms with Crippen molar-refractivity contribution in [2.24, 2.45) is 0 Å². The van der Waals surface area contributed by atoms with Crippen LogP contribution in [0.25, 0.3) is 0 Å². The molecule has 0 saturated carbocycles. The van der Waals surface area contributed by atoms with Crippen molar-refractivity contribution >= 4 is 0 Å². The quantitative estimate of drug-likeness (QED) is 0.766. The second-order valence-corrected chi connectivity index (χ2v) is 2.86. The third-order valence-electron chi connectivity index (χ3n) is 1.81. The molecule has 0 atom stereocenters. The van der Waals surface area contributed by atoms with E-state index in [1.54, 1.807) is 18.6 Å². The topological polar surface area (TPSA) is 17.8 Å². The minimum atomic E-state index is -0.197. The summed E-state index contributed by atoms with van der Waals surface area (Å²) in [5.41, 5.74) is 0.943. The number of aromatic nitrogens is 2. The molecule has 1 aromatic carbocycles. The van der Waals surface area contributed by atoms with Gasteiger partial charge in [0.25, 0.3) is 0 Å². The second-order valence-electron chi connectivity index (χ2n) is 2.86. The molecule has 0 saturated heterocycles. The Labute approximate surface area is 103 Å². The van der Waals surface area contributed by atoms with Crippen LogP contribution in [0, 0.1) is 5.82 Å². The number of imidazole rings is 1. The van der Waals surface area contributed by atoms with Crippen LogP contribution in [0.15, 0.2) is 43.0 Å². The van der Waals surface area contributed by atoms with Gasteiger partial charge in [-0.25, -0.2) is 9.37 Å². The molecule has 0 aliphatic carbocycles. The number of nitrogens with zero attached hydrogens (tertiary/aromatic N) is 2. The Bertz CT molecular complexity index is 383.